The number of benzene rings is 1. The van der Waals surface area contributed by atoms with Crippen LogP contribution < -0.4 is 10.6 Å². The van der Waals surface area contributed by atoms with Crippen LogP contribution in [0.15, 0.2) is 46.8 Å². The second kappa shape index (κ2) is 11.5. The molecule has 0 radical (unpaired) electrons. The monoisotopic (exact) mass is 472 g/mol. The Morgan fingerprint density at radius 3 is 2.52 bits per heavy atom. The molecule has 2 N–H and O–H groups in total. The summed E-state index contributed by atoms with van der Waals surface area (Å²) in [5.74, 6) is 0.865. The van der Waals surface area contributed by atoms with Gasteiger partial charge < -0.3 is 15.5 Å². The van der Waals surface area contributed by atoms with Crippen molar-refractivity contribution >= 4 is 41.3 Å². The van der Waals surface area contributed by atoms with Gasteiger partial charge in [-0.1, -0.05) is 30.3 Å². The number of likely N-dealkylation sites (N-methyl/N-ethyl adjacent to an activating group) is 1. The van der Waals surface area contributed by atoms with E-state index in [2.05, 4.69) is 85.3 Å². The molecular formula is C19H29IN4S. The molecule has 2 rings (SSSR count). The fourth-order valence-corrected chi connectivity index (χ4v) is 3.43. The summed E-state index contributed by atoms with van der Waals surface area (Å²) >= 11 is 1.79. The Kier molecular flexibility index (Phi) is 10.1. The molecule has 2 aromatic rings. The zero-order valence-electron chi connectivity index (χ0n) is 15.5. The summed E-state index contributed by atoms with van der Waals surface area (Å²) in [6.45, 7) is 6.59. The lowest BCUT2D eigenvalue weighted by Gasteiger charge is -2.24. The molecular weight excluding hydrogens is 443 g/mol. The minimum absolute atomic E-state index is 0. The number of nitrogens with zero attached hydrogens (tertiary/aromatic N) is 2. The summed E-state index contributed by atoms with van der Waals surface area (Å²) in [6, 6.07) is 13.0. The number of hydrogen-bond donors (Lipinski definition) is 2. The van der Waals surface area contributed by atoms with Crippen molar-refractivity contribution in [2.24, 2.45) is 4.99 Å². The number of nitrogens with one attached hydrogen (secondary N) is 2. The Morgan fingerprint density at radius 2 is 1.92 bits per heavy atom. The van der Waals surface area contributed by atoms with E-state index in [0.717, 1.165) is 19.0 Å². The number of aliphatic imine (C=N–C) groups is 1. The molecule has 1 atom stereocenters. The number of thiophene rings is 1. The molecule has 6 heteroatoms. The second-order valence-corrected chi connectivity index (χ2v) is 6.98. The van der Waals surface area contributed by atoms with Gasteiger partial charge in [0.2, 0.25) is 0 Å². The van der Waals surface area contributed by atoms with E-state index in [4.69, 9.17) is 4.99 Å². The van der Waals surface area contributed by atoms with Crippen LogP contribution in [0.5, 0.6) is 0 Å². The van der Waals surface area contributed by atoms with Crippen LogP contribution in [-0.2, 0) is 6.54 Å². The van der Waals surface area contributed by atoms with Gasteiger partial charge in [-0.2, -0.15) is 0 Å². The van der Waals surface area contributed by atoms with Crippen LogP contribution in [0.4, 0.5) is 0 Å². The average molecular weight is 472 g/mol. The van der Waals surface area contributed by atoms with E-state index >= 15 is 0 Å². The van der Waals surface area contributed by atoms with E-state index in [-0.39, 0.29) is 24.0 Å². The van der Waals surface area contributed by atoms with Crippen molar-refractivity contribution in [1.82, 2.24) is 15.5 Å². The third kappa shape index (κ3) is 6.95. The molecule has 0 saturated heterocycles. The molecule has 1 aromatic carbocycles. The van der Waals surface area contributed by atoms with Crippen LogP contribution in [0.25, 0.3) is 0 Å². The van der Waals surface area contributed by atoms with Crippen molar-refractivity contribution in [3.63, 3.8) is 0 Å². The van der Waals surface area contributed by atoms with Crippen molar-refractivity contribution in [1.29, 1.82) is 0 Å². The summed E-state index contributed by atoms with van der Waals surface area (Å²) in [6.07, 6.45) is 0. The van der Waals surface area contributed by atoms with Gasteiger partial charge >= 0.3 is 0 Å². The normalized spacial score (nSPS) is 12.6. The second-order valence-electron chi connectivity index (χ2n) is 6.00. The molecule has 1 unspecified atom stereocenters. The third-order valence-corrected chi connectivity index (χ3v) is 4.94. The maximum Gasteiger partial charge on any atom is 0.191 e. The van der Waals surface area contributed by atoms with Gasteiger partial charge in [0, 0.05) is 18.0 Å². The maximum atomic E-state index is 4.74. The Balaban J connectivity index is 0.00000312. The van der Waals surface area contributed by atoms with Gasteiger partial charge in [0.15, 0.2) is 5.96 Å². The zero-order valence-corrected chi connectivity index (χ0v) is 18.6. The van der Waals surface area contributed by atoms with Crippen LogP contribution in [0.1, 0.15) is 29.0 Å². The van der Waals surface area contributed by atoms with Crippen molar-refractivity contribution in [3.05, 3.63) is 57.8 Å². The van der Waals surface area contributed by atoms with Gasteiger partial charge in [0.05, 0.1) is 12.6 Å². The lowest BCUT2D eigenvalue weighted by Crippen LogP contribution is -2.41. The predicted octanol–water partition coefficient (Wildman–Crippen LogP) is 4.03. The van der Waals surface area contributed by atoms with Crippen LogP contribution in [-0.4, -0.2) is 38.0 Å². The first kappa shape index (κ1) is 21.9. The third-order valence-electron chi connectivity index (χ3n) is 3.97. The molecule has 4 nitrogen and oxygen atoms in total. The minimum atomic E-state index is 0. The lowest BCUT2D eigenvalue weighted by atomic mass is 10.1. The lowest BCUT2D eigenvalue weighted by molar-refractivity contribution is 0.302. The van der Waals surface area contributed by atoms with E-state index in [1.165, 1.54) is 16.0 Å². The van der Waals surface area contributed by atoms with Crippen LogP contribution in [0, 0.1) is 6.92 Å². The number of guanidine groups is 1. The van der Waals surface area contributed by atoms with E-state index in [1.54, 1.807) is 11.3 Å². The van der Waals surface area contributed by atoms with Crippen molar-refractivity contribution < 1.29 is 0 Å². The quantitative estimate of drug-likeness (QED) is 0.363. The van der Waals surface area contributed by atoms with Crippen molar-refractivity contribution in [2.45, 2.75) is 26.4 Å². The summed E-state index contributed by atoms with van der Waals surface area (Å²) in [7, 11) is 4.23. The smallest absolute Gasteiger partial charge is 0.191 e. The van der Waals surface area contributed by atoms with Gasteiger partial charge in [-0.15, -0.1) is 35.3 Å². The van der Waals surface area contributed by atoms with Crippen LogP contribution >= 0.6 is 35.3 Å². The highest BCUT2D eigenvalue weighted by molar-refractivity contribution is 14.0. The van der Waals surface area contributed by atoms with Crippen molar-refractivity contribution in [3.8, 4) is 0 Å². The van der Waals surface area contributed by atoms with Crippen molar-refractivity contribution in [2.75, 3.05) is 27.2 Å². The molecule has 138 valence electrons. The minimum Gasteiger partial charge on any atom is -0.357 e. The molecule has 1 aromatic heterocycles. The molecule has 0 spiro atoms. The van der Waals surface area contributed by atoms with E-state index in [1.807, 2.05) is 0 Å². The van der Waals surface area contributed by atoms with Crippen LogP contribution in [0.2, 0.25) is 0 Å². The fourth-order valence-electron chi connectivity index (χ4n) is 2.51. The first-order valence-electron chi connectivity index (χ1n) is 8.38. The number of halogens is 1. The predicted molar refractivity (Wildman–Crippen MR) is 120 cm³/mol. The SMILES string of the molecule is CCNC(=NCc1ccccc1C)NCC(c1cccs1)N(C)C.I. The molecule has 25 heavy (non-hydrogen) atoms. The first-order chi connectivity index (χ1) is 11.6. The highest BCUT2D eigenvalue weighted by Crippen LogP contribution is 2.22. The maximum absolute atomic E-state index is 4.74. The Morgan fingerprint density at radius 1 is 1.16 bits per heavy atom. The average Bonchev–Trinajstić information content (AvgIpc) is 3.08. The van der Waals surface area contributed by atoms with Gasteiger partial charge in [0.25, 0.3) is 0 Å². The molecule has 0 fully saturated rings. The van der Waals surface area contributed by atoms with Crippen LogP contribution in [0.3, 0.4) is 0 Å². The molecule has 0 aliphatic heterocycles. The van der Waals surface area contributed by atoms with Gasteiger partial charge in [-0.3, -0.25) is 0 Å². The van der Waals surface area contributed by atoms with Gasteiger partial charge in [-0.25, -0.2) is 4.99 Å². The first-order valence-corrected chi connectivity index (χ1v) is 9.26. The molecule has 0 aliphatic rings. The summed E-state index contributed by atoms with van der Waals surface area (Å²) in [5, 5.41) is 8.95. The summed E-state index contributed by atoms with van der Waals surface area (Å²) < 4.78 is 0. The molecule has 0 amide bonds. The number of rotatable bonds is 7. The molecule has 0 aliphatic carbocycles. The zero-order chi connectivity index (χ0) is 17.4. The highest BCUT2D eigenvalue weighted by Gasteiger charge is 2.15. The topological polar surface area (TPSA) is 39.7 Å². The molecule has 0 saturated carbocycles. The summed E-state index contributed by atoms with van der Waals surface area (Å²) in [5.41, 5.74) is 2.54. The van der Waals surface area contributed by atoms with E-state index < -0.39 is 0 Å². The van der Waals surface area contributed by atoms with E-state index in [9.17, 15) is 0 Å². The van der Waals surface area contributed by atoms with Gasteiger partial charge in [0.1, 0.15) is 0 Å². The molecule has 1 heterocycles. The fraction of sp³-hybridized carbons (Fsp3) is 0.421. The Labute approximate surface area is 172 Å². The Hall–Kier alpha value is -1.12. The van der Waals surface area contributed by atoms with Gasteiger partial charge in [-0.05, 0) is 50.5 Å². The van der Waals surface area contributed by atoms with E-state index in [0.29, 0.717) is 12.6 Å². The standard InChI is InChI=1S/C19H28N4S.HI/c1-5-20-19(21-13-16-10-7-6-9-15(16)2)22-14-17(23(3)4)18-11-8-12-24-18;/h6-12,17H,5,13-14H2,1-4H3,(H2,20,21,22);1H. The highest BCUT2D eigenvalue weighted by atomic mass is 127. The molecule has 0 bridgehead atoms. The summed E-state index contributed by atoms with van der Waals surface area (Å²) in [4.78, 5) is 8.34. The number of hydrogen-bond acceptors (Lipinski definition) is 3. The Bertz CT molecular complexity index is 641. The largest absolute Gasteiger partial charge is 0.357 e. The number of aryl methyl sites for hydroxylation is 1.